The Labute approximate surface area is 120 Å². The molecule has 2 aromatic heterocycles. The highest BCUT2D eigenvalue weighted by Gasteiger charge is 2.04. The fourth-order valence-corrected chi connectivity index (χ4v) is 2.09. The SMILES string of the molecule is Clc1ccc(-n2cc(Cn3ccnc3)cn2)cc1Cl. The predicted molar refractivity (Wildman–Crippen MR) is 74.9 cm³/mol. The van der Waals surface area contributed by atoms with Crippen LogP contribution in [0.1, 0.15) is 5.56 Å². The summed E-state index contributed by atoms with van der Waals surface area (Å²) in [5.41, 5.74) is 1.97. The zero-order valence-corrected chi connectivity index (χ0v) is 11.4. The Morgan fingerprint density at radius 1 is 1.16 bits per heavy atom. The van der Waals surface area contributed by atoms with Crippen LogP contribution in [0.4, 0.5) is 0 Å². The maximum Gasteiger partial charge on any atom is 0.0949 e. The van der Waals surface area contributed by atoms with E-state index in [1.165, 1.54) is 0 Å². The molecule has 19 heavy (non-hydrogen) atoms. The van der Waals surface area contributed by atoms with Gasteiger partial charge < -0.3 is 4.57 Å². The van der Waals surface area contributed by atoms with Crippen molar-refractivity contribution in [2.24, 2.45) is 0 Å². The molecule has 4 nitrogen and oxygen atoms in total. The molecule has 96 valence electrons. The second-order valence-electron chi connectivity index (χ2n) is 4.13. The number of hydrogen-bond donors (Lipinski definition) is 0. The third kappa shape index (κ3) is 2.64. The molecule has 3 rings (SSSR count). The van der Waals surface area contributed by atoms with Crippen molar-refractivity contribution in [3.63, 3.8) is 0 Å². The van der Waals surface area contributed by atoms with E-state index in [-0.39, 0.29) is 0 Å². The molecule has 0 unspecified atom stereocenters. The summed E-state index contributed by atoms with van der Waals surface area (Å²) in [6, 6.07) is 5.43. The molecule has 0 atom stereocenters. The third-order valence-electron chi connectivity index (χ3n) is 2.73. The summed E-state index contributed by atoms with van der Waals surface area (Å²) >= 11 is 11.9. The van der Waals surface area contributed by atoms with Gasteiger partial charge in [-0.05, 0) is 18.2 Å². The number of hydrogen-bond acceptors (Lipinski definition) is 2. The largest absolute Gasteiger partial charge is 0.333 e. The first-order valence-electron chi connectivity index (χ1n) is 5.67. The number of halogens is 2. The van der Waals surface area contributed by atoms with Gasteiger partial charge in [-0.2, -0.15) is 5.10 Å². The summed E-state index contributed by atoms with van der Waals surface area (Å²) in [4.78, 5) is 4.01. The van der Waals surface area contributed by atoms with Crippen molar-refractivity contribution < 1.29 is 0 Å². The lowest BCUT2D eigenvalue weighted by Crippen LogP contribution is -1.96. The molecule has 0 aliphatic rings. The Morgan fingerprint density at radius 2 is 2.05 bits per heavy atom. The van der Waals surface area contributed by atoms with Gasteiger partial charge in [-0.15, -0.1) is 0 Å². The molecule has 0 aliphatic carbocycles. The first-order chi connectivity index (χ1) is 9.22. The molecular formula is C13H10Cl2N4. The normalized spacial score (nSPS) is 10.8. The molecule has 2 heterocycles. The van der Waals surface area contributed by atoms with Crippen molar-refractivity contribution in [3.8, 4) is 5.69 Å². The monoisotopic (exact) mass is 292 g/mol. The second-order valence-corrected chi connectivity index (χ2v) is 4.94. The van der Waals surface area contributed by atoms with Crippen LogP contribution in [0.5, 0.6) is 0 Å². The highest BCUT2D eigenvalue weighted by atomic mass is 35.5. The highest BCUT2D eigenvalue weighted by molar-refractivity contribution is 6.42. The summed E-state index contributed by atoms with van der Waals surface area (Å²) in [6.45, 7) is 0.737. The first-order valence-corrected chi connectivity index (χ1v) is 6.43. The van der Waals surface area contributed by atoms with Gasteiger partial charge in [-0.1, -0.05) is 23.2 Å². The third-order valence-corrected chi connectivity index (χ3v) is 3.47. The summed E-state index contributed by atoms with van der Waals surface area (Å²) in [6.07, 6.45) is 9.22. The lowest BCUT2D eigenvalue weighted by atomic mass is 10.3. The minimum atomic E-state index is 0.519. The Morgan fingerprint density at radius 3 is 2.79 bits per heavy atom. The number of aromatic nitrogens is 4. The van der Waals surface area contributed by atoms with Crippen molar-refractivity contribution >= 4 is 23.2 Å². The molecule has 0 bridgehead atoms. The van der Waals surface area contributed by atoms with Crippen LogP contribution < -0.4 is 0 Å². The van der Waals surface area contributed by atoms with Crippen LogP contribution >= 0.6 is 23.2 Å². The topological polar surface area (TPSA) is 35.6 Å². The van der Waals surface area contributed by atoms with E-state index in [9.17, 15) is 0 Å². The van der Waals surface area contributed by atoms with Gasteiger partial charge in [0.05, 0.1) is 34.8 Å². The average molecular weight is 293 g/mol. The average Bonchev–Trinajstić information content (AvgIpc) is 3.05. The molecule has 0 N–H and O–H groups in total. The maximum absolute atomic E-state index is 6.00. The van der Waals surface area contributed by atoms with Crippen LogP contribution in [0.15, 0.2) is 49.3 Å². The van der Waals surface area contributed by atoms with Gasteiger partial charge in [-0.3, -0.25) is 0 Å². The Bertz CT molecular complexity index is 688. The zero-order valence-electron chi connectivity index (χ0n) is 9.87. The number of benzene rings is 1. The summed E-state index contributed by atoms with van der Waals surface area (Å²) < 4.78 is 3.75. The van der Waals surface area contributed by atoms with E-state index in [1.807, 2.05) is 29.2 Å². The predicted octanol–water partition coefficient (Wildman–Crippen LogP) is 3.42. The second kappa shape index (κ2) is 5.07. The Balaban J connectivity index is 1.86. The maximum atomic E-state index is 6.00. The van der Waals surface area contributed by atoms with Gasteiger partial charge in [0, 0.05) is 24.2 Å². The molecule has 0 amide bonds. The van der Waals surface area contributed by atoms with Crippen molar-refractivity contribution in [2.45, 2.75) is 6.54 Å². The van der Waals surface area contributed by atoms with Crippen molar-refractivity contribution in [1.82, 2.24) is 19.3 Å². The van der Waals surface area contributed by atoms with Gasteiger partial charge in [0.25, 0.3) is 0 Å². The van der Waals surface area contributed by atoms with Crippen molar-refractivity contribution in [1.29, 1.82) is 0 Å². The number of nitrogens with zero attached hydrogens (tertiary/aromatic N) is 4. The molecule has 0 aliphatic heterocycles. The minimum absolute atomic E-state index is 0.519. The van der Waals surface area contributed by atoms with Crippen molar-refractivity contribution in [3.05, 3.63) is 64.9 Å². The van der Waals surface area contributed by atoms with Gasteiger partial charge in [-0.25, -0.2) is 9.67 Å². The molecule has 3 aromatic rings. The molecule has 0 spiro atoms. The summed E-state index contributed by atoms with van der Waals surface area (Å²) in [7, 11) is 0. The smallest absolute Gasteiger partial charge is 0.0949 e. The molecule has 0 saturated carbocycles. The lowest BCUT2D eigenvalue weighted by Gasteiger charge is -2.03. The zero-order chi connectivity index (χ0) is 13.2. The van der Waals surface area contributed by atoms with E-state index in [1.54, 1.807) is 29.3 Å². The first kappa shape index (κ1) is 12.3. The molecule has 0 fully saturated rings. The van der Waals surface area contributed by atoms with Gasteiger partial charge in [0.15, 0.2) is 0 Å². The molecule has 6 heteroatoms. The number of imidazole rings is 1. The van der Waals surface area contributed by atoms with Crippen LogP contribution in [0.2, 0.25) is 10.0 Å². The van der Waals surface area contributed by atoms with Crippen LogP contribution in [0, 0.1) is 0 Å². The van der Waals surface area contributed by atoms with Gasteiger partial charge in [0.2, 0.25) is 0 Å². The van der Waals surface area contributed by atoms with E-state index < -0.39 is 0 Å². The Kier molecular flexibility index (Phi) is 3.27. The summed E-state index contributed by atoms with van der Waals surface area (Å²) in [5.74, 6) is 0. The highest BCUT2D eigenvalue weighted by Crippen LogP contribution is 2.24. The Hall–Kier alpha value is -1.78. The van der Waals surface area contributed by atoms with Crippen LogP contribution in [-0.4, -0.2) is 19.3 Å². The van der Waals surface area contributed by atoms with E-state index in [4.69, 9.17) is 23.2 Å². The van der Waals surface area contributed by atoms with E-state index in [0.717, 1.165) is 17.8 Å². The fourth-order valence-electron chi connectivity index (χ4n) is 1.80. The molecule has 0 saturated heterocycles. The minimum Gasteiger partial charge on any atom is -0.333 e. The standard InChI is InChI=1S/C13H10Cl2N4/c14-12-2-1-11(5-13(12)15)19-8-10(6-17-19)7-18-4-3-16-9-18/h1-6,8-9H,7H2. The quantitative estimate of drug-likeness (QED) is 0.741. The van der Waals surface area contributed by atoms with Crippen molar-refractivity contribution in [2.75, 3.05) is 0 Å². The van der Waals surface area contributed by atoms with Crippen LogP contribution in [0.3, 0.4) is 0 Å². The van der Waals surface area contributed by atoms with Crippen LogP contribution in [0.25, 0.3) is 5.69 Å². The fraction of sp³-hybridized carbons (Fsp3) is 0.0769. The van der Waals surface area contributed by atoms with Gasteiger partial charge in [0.1, 0.15) is 0 Å². The van der Waals surface area contributed by atoms with Crippen LogP contribution in [-0.2, 0) is 6.54 Å². The lowest BCUT2D eigenvalue weighted by molar-refractivity contribution is 0.796. The van der Waals surface area contributed by atoms with E-state index in [2.05, 4.69) is 10.1 Å². The van der Waals surface area contributed by atoms with E-state index in [0.29, 0.717) is 10.0 Å². The number of rotatable bonds is 3. The van der Waals surface area contributed by atoms with Gasteiger partial charge >= 0.3 is 0 Å². The summed E-state index contributed by atoms with van der Waals surface area (Å²) in [5, 5.41) is 5.38. The molecular weight excluding hydrogens is 283 g/mol. The molecule has 1 aromatic carbocycles. The molecule has 0 radical (unpaired) electrons. The van der Waals surface area contributed by atoms with E-state index >= 15 is 0 Å².